The van der Waals surface area contributed by atoms with Gasteiger partial charge in [-0.25, -0.2) is 18.2 Å². The summed E-state index contributed by atoms with van der Waals surface area (Å²) < 4.78 is 29.6. The first-order chi connectivity index (χ1) is 16.3. The van der Waals surface area contributed by atoms with Crippen LogP contribution in [-0.4, -0.2) is 29.5 Å². The second-order valence-electron chi connectivity index (χ2n) is 7.61. The molecule has 0 radical (unpaired) electrons. The maximum Gasteiger partial charge on any atom is 0.354 e. The molecule has 0 amide bonds. The number of anilines is 1. The van der Waals surface area contributed by atoms with Crippen LogP contribution in [0.25, 0.3) is 10.9 Å². The third kappa shape index (κ3) is 4.75. The normalized spacial score (nSPS) is 11.0. The first-order valence-corrected chi connectivity index (χ1v) is 12.0. The average molecular weight is 472 g/mol. The Morgan fingerprint density at radius 3 is 2.59 bits per heavy atom. The van der Waals surface area contributed by atoms with Crippen molar-refractivity contribution < 1.29 is 18.3 Å². The van der Waals surface area contributed by atoms with Crippen LogP contribution >= 0.6 is 0 Å². The highest BCUT2D eigenvalue weighted by Gasteiger charge is 2.22. The molecule has 2 N–H and O–H groups in total. The largest absolute Gasteiger partial charge is 0.477 e. The smallest absolute Gasteiger partial charge is 0.354 e. The van der Waals surface area contributed by atoms with E-state index in [1.54, 1.807) is 37.4 Å². The van der Waals surface area contributed by atoms with Crippen LogP contribution in [0.1, 0.15) is 39.7 Å². The average Bonchev–Trinajstić information content (AvgIpc) is 2.83. The number of aromatic carboxylic acids is 1. The molecule has 0 fully saturated rings. The van der Waals surface area contributed by atoms with Gasteiger partial charge >= 0.3 is 5.97 Å². The maximum atomic E-state index is 13.5. The quantitative estimate of drug-likeness (QED) is 0.418. The van der Waals surface area contributed by atoms with Crippen LogP contribution in [0.3, 0.4) is 0 Å². The minimum atomic E-state index is -3.97. The van der Waals surface area contributed by atoms with E-state index < -0.39 is 16.0 Å². The van der Waals surface area contributed by atoms with Crippen LogP contribution in [0.5, 0.6) is 0 Å². The molecular weight excluding hydrogens is 450 g/mol. The van der Waals surface area contributed by atoms with E-state index in [1.165, 1.54) is 12.3 Å². The molecule has 0 aliphatic rings. The van der Waals surface area contributed by atoms with Gasteiger partial charge in [-0.15, -0.1) is 0 Å². The Morgan fingerprint density at radius 2 is 1.88 bits per heavy atom. The second kappa shape index (κ2) is 9.33. The Morgan fingerprint density at radius 1 is 1.06 bits per heavy atom. The Kier molecular flexibility index (Phi) is 6.30. The van der Waals surface area contributed by atoms with Gasteiger partial charge in [-0.3, -0.25) is 9.71 Å². The lowest BCUT2D eigenvalue weighted by atomic mass is 10.1. The number of rotatable bonds is 5. The van der Waals surface area contributed by atoms with Gasteiger partial charge in [0.1, 0.15) is 10.6 Å². The van der Waals surface area contributed by atoms with Crippen molar-refractivity contribution in [3.8, 4) is 11.8 Å². The molecule has 2 aromatic carbocycles. The van der Waals surface area contributed by atoms with Crippen molar-refractivity contribution in [1.82, 2.24) is 9.97 Å². The van der Waals surface area contributed by atoms with Crippen LogP contribution in [0.2, 0.25) is 0 Å². The van der Waals surface area contributed by atoms with Crippen LogP contribution in [0.15, 0.2) is 71.9 Å². The van der Waals surface area contributed by atoms with E-state index in [0.29, 0.717) is 27.9 Å². The molecule has 0 aliphatic heterocycles. The zero-order chi connectivity index (χ0) is 24.3. The van der Waals surface area contributed by atoms with Crippen molar-refractivity contribution in [2.75, 3.05) is 4.72 Å². The number of nitrogens with one attached hydrogen (secondary N) is 1. The number of carboxylic acid groups (broad SMARTS) is 1. The highest BCUT2D eigenvalue weighted by Crippen LogP contribution is 2.28. The fourth-order valence-electron chi connectivity index (χ4n) is 3.49. The van der Waals surface area contributed by atoms with Gasteiger partial charge in [-0.05, 0) is 54.8 Å². The molecule has 34 heavy (non-hydrogen) atoms. The standard InChI is InChI=1S/C26H21N3O4S/c1-3-18-8-12-22(21(15-18)11-7-19-9-13-23(26(30)31)28-16-19)29-34(32,33)25-17(2)6-10-20-5-4-14-27-24(20)25/h4-6,8-10,12-16,29H,3H2,1-2H3,(H,30,31). The van der Waals surface area contributed by atoms with Crippen molar-refractivity contribution in [2.24, 2.45) is 0 Å². The summed E-state index contributed by atoms with van der Waals surface area (Å²) in [6.45, 7) is 3.73. The minimum Gasteiger partial charge on any atom is -0.477 e. The number of carboxylic acids is 1. The van der Waals surface area contributed by atoms with Crippen LogP contribution < -0.4 is 4.72 Å². The summed E-state index contributed by atoms with van der Waals surface area (Å²) in [6, 6.07) is 15.5. The molecule has 0 saturated heterocycles. The van der Waals surface area contributed by atoms with Gasteiger partial charge in [0.05, 0.1) is 11.2 Å². The fourth-order valence-corrected chi connectivity index (χ4v) is 4.98. The summed E-state index contributed by atoms with van der Waals surface area (Å²) >= 11 is 0. The highest BCUT2D eigenvalue weighted by molar-refractivity contribution is 7.93. The highest BCUT2D eigenvalue weighted by atomic mass is 32.2. The molecule has 170 valence electrons. The Bertz CT molecular complexity index is 1570. The van der Waals surface area contributed by atoms with E-state index >= 15 is 0 Å². The van der Waals surface area contributed by atoms with Crippen molar-refractivity contribution in [3.63, 3.8) is 0 Å². The topological polar surface area (TPSA) is 109 Å². The molecule has 0 unspecified atom stereocenters. The van der Waals surface area contributed by atoms with Gasteiger partial charge in [0.15, 0.2) is 0 Å². The molecule has 0 aliphatic carbocycles. The first kappa shape index (κ1) is 23.0. The summed E-state index contributed by atoms with van der Waals surface area (Å²) in [5.41, 5.74) is 3.25. The van der Waals surface area contributed by atoms with E-state index in [0.717, 1.165) is 17.4 Å². The van der Waals surface area contributed by atoms with Crippen LogP contribution in [0, 0.1) is 18.8 Å². The number of sulfonamides is 1. The van der Waals surface area contributed by atoms with Gasteiger partial charge in [-0.2, -0.15) is 0 Å². The summed E-state index contributed by atoms with van der Waals surface area (Å²) in [5.74, 6) is 4.81. The zero-order valence-electron chi connectivity index (χ0n) is 18.5. The van der Waals surface area contributed by atoms with E-state index in [-0.39, 0.29) is 10.6 Å². The molecular formula is C26H21N3O4S. The summed E-state index contributed by atoms with van der Waals surface area (Å²) in [6.07, 6.45) is 3.69. The number of pyridine rings is 2. The van der Waals surface area contributed by atoms with Gasteiger partial charge in [0, 0.05) is 28.9 Å². The van der Waals surface area contributed by atoms with Gasteiger partial charge in [-0.1, -0.05) is 43.0 Å². The SMILES string of the molecule is CCc1ccc(NS(=O)(=O)c2c(C)ccc3cccnc23)c(C#Cc2ccc(C(=O)O)nc2)c1. The van der Waals surface area contributed by atoms with Crippen LogP contribution in [0.4, 0.5) is 5.69 Å². The number of hydrogen-bond donors (Lipinski definition) is 2. The van der Waals surface area contributed by atoms with E-state index in [2.05, 4.69) is 26.5 Å². The predicted molar refractivity (Wildman–Crippen MR) is 130 cm³/mol. The summed E-state index contributed by atoms with van der Waals surface area (Å²) in [4.78, 5) is 19.3. The minimum absolute atomic E-state index is 0.0777. The van der Waals surface area contributed by atoms with Gasteiger partial charge in [0.2, 0.25) is 0 Å². The zero-order valence-corrected chi connectivity index (χ0v) is 19.3. The van der Waals surface area contributed by atoms with E-state index in [4.69, 9.17) is 5.11 Å². The number of aryl methyl sites for hydroxylation is 2. The number of nitrogens with zero attached hydrogens (tertiary/aromatic N) is 2. The number of fused-ring (bicyclic) bond motifs is 1. The number of benzene rings is 2. The predicted octanol–water partition coefficient (Wildman–Crippen LogP) is 4.40. The van der Waals surface area contributed by atoms with Crippen molar-refractivity contribution in [2.45, 2.75) is 25.2 Å². The third-order valence-corrected chi connectivity index (χ3v) is 6.80. The molecule has 4 rings (SSSR count). The monoisotopic (exact) mass is 471 g/mol. The first-order valence-electron chi connectivity index (χ1n) is 10.5. The van der Waals surface area contributed by atoms with Crippen molar-refractivity contribution >= 4 is 32.6 Å². The molecule has 0 bridgehead atoms. The van der Waals surface area contributed by atoms with Gasteiger partial charge in [0.25, 0.3) is 10.0 Å². The number of carbonyl (C=O) groups is 1. The molecule has 7 nitrogen and oxygen atoms in total. The summed E-state index contributed by atoms with van der Waals surface area (Å²) in [5, 5.41) is 9.73. The Balaban J connectivity index is 1.75. The molecule has 4 aromatic rings. The van der Waals surface area contributed by atoms with E-state index in [9.17, 15) is 13.2 Å². The number of hydrogen-bond acceptors (Lipinski definition) is 5. The molecule has 2 aromatic heterocycles. The van der Waals surface area contributed by atoms with Crippen molar-refractivity contribution in [1.29, 1.82) is 0 Å². The van der Waals surface area contributed by atoms with Crippen molar-refractivity contribution in [3.05, 3.63) is 94.9 Å². The Labute approximate surface area is 197 Å². The lowest BCUT2D eigenvalue weighted by Gasteiger charge is -2.14. The molecule has 0 atom stereocenters. The molecule has 0 saturated carbocycles. The third-order valence-electron chi connectivity index (χ3n) is 5.25. The lowest BCUT2D eigenvalue weighted by molar-refractivity contribution is 0.0690. The van der Waals surface area contributed by atoms with Crippen LogP contribution in [-0.2, 0) is 16.4 Å². The Hall–Kier alpha value is -4.22. The van der Waals surface area contributed by atoms with E-state index in [1.807, 2.05) is 31.2 Å². The fraction of sp³-hybridized carbons (Fsp3) is 0.115. The van der Waals surface area contributed by atoms with Gasteiger partial charge < -0.3 is 5.11 Å². The molecule has 8 heteroatoms. The molecule has 2 heterocycles. The lowest BCUT2D eigenvalue weighted by Crippen LogP contribution is -2.16. The summed E-state index contributed by atoms with van der Waals surface area (Å²) in [7, 11) is -3.97. The second-order valence-corrected chi connectivity index (χ2v) is 9.23. The maximum absolute atomic E-state index is 13.5. The molecule has 0 spiro atoms. The number of aromatic nitrogens is 2.